The topological polar surface area (TPSA) is 68.5 Å². The zero-order chi connectivity index (χ0) is 13.5. The van der Waals surface area contributed by atoms with Gasteiger partial charge >= 0.3 is 5.97 Å². The number of anilines is 1. The monoisotopic (exact) mass is 255 g/mol. The zero-order valence-corrected chi connectivity index (χ0v) is 11.5. The second-order valence-electron chi connectivity index (χ2n) is 4.04. The molecule has 1 unspecified atom stereocenters. The maximum absolute atomic E-state index is 11.8. The molecule has 0 saturated heterocycles. The summed E-state index contributed by atoms with van der Waals surface area (Å²) in [7, 11) is 1.87. The van der Waals surface area contributed by atoms with Crippen molar-refractivity contribution in [1.29, 1.82) is 0 Å². The first kappa shape index (κ1) is 14.5. The fourth-order valence-corrected chi connectivity index (χ4v) is 1.54. The van der Waals surface area contributed by atoms with E-state index in [2.05, 4.69) is 10.1 Å². The molecule has 0 saturated carbocycles. The highest BCUT2D eigenvalue weighted by Crippen LogP contribution is 2.23. The highest BCUT2D eigenvalue weighted by molar-refractivity contribution is 5.76. The molecule has 1 aromatic heterocycles. The van der Waals surface area contributed by atoms with Crippen molar-refractivity contribution >= 4 is 11.9 Å². The van der Waals surface area contributed by atoms with E-state index >= 15 is 0 Å². The Bertz CT molecular complexity index is 378. The van der Waals surface area contributed by atoms with E-state index in [-0.39, 0.29) is 5.97 Å². The van der Waals surface area contributed by atoms with Crippen molar-refractivity contribution in [3.8, 4) is 0 Å². The Morgan fingerprint density at radius 2 is 2.17 bits per heavy atom. The van der Waals surface area contributed by atoms with Gasteiger partial charge in [0.2, 0.25) is 5.89 Å². The lowest BCUT2D eigenvalue weighted by Crippen LogP contribution is -2.18. The average molecular weight is 255 g/mol. The number of nitrogens with zero attached hydrogens (tertiary/aromatic N) is 3. The number of aromatic nitrogens is 2. The summed E-state index contributed by atoms with van der Waals surface area (Å²) in [5, 5.41) is 3.86. The summed E-state index contributed by atoms with van der Waals surface area (Å²) in [5.74, 6) is 0.0821. The first-order valence-electron chi connectivity index (χ1n) is 6.35. The molecule has 6 heteroatoms. The van der Waals surface area contributed by atoms with Gasteiger partial charge in [-0.15, -0.1) is 0 Å². The van der Waals surface area contributed by atoms with Crippen LogP contribution in [0.1, 0.15) is 45.4 Å². The van der Waals surface area contributed by atoms with E-state index < -0.39 is 5.92 Å². The van der Waals surface area contributed by atoms with Gasteiger partial charge in [-0.3, -0.25) is 4.79 Å². The Hall–Kier alpha value is -1.59. The Morgan fingerprint density at radius 3 is 2.72 bits per heavy atom. The van der Waals surface area contributed by atoms with Gasteiger partial charge < -0.3 is 14.2 Å². The van der Waals surface area contributed by atoms with Crippen LogP contribution in [0.5, 0.6) is 0 Å². The summed E-state index contributed by atoms with van der Waals surface area (Å²) >= 11 is 0. The van der Waals surface area contributed by atoms with Gasteiger partial charge in [0.05, 0.1) is 6.61 Å². The van der Waals surface area contributed by atoms with E-state index in [0.29, 0.717) is 24.9 Å². The van der Waals surface area contributed by atoms with Crippen LogP contribution in [0.15, 0.2) is 4.52 Å². The molecule has 1 aromatic rings. The first-order chi connectivity index (χ1) is 8.63. The molecule has 6 nitrogen and oxygen atoms in total. The summed E-state index contributed by atoms with van der Waals surface area (Å²) in [6, 6.07) is 0. The molecule has 1 rings (SSSR count). The molecule has 0 spiro atoms. The van der Waals surface area contributed by atoms with Crippen molar-refractivity contribution in [1.82, 2.24) is 10.1 Å². The van der Waals surface area contributed by atoms with Crippen LogP contribution in [-0.2, 0) is 9.53 Å². The van der Waals surface area contributed by atoms with Crippen LogP contribution in [0.2, 0.25) is 0 Å². The van der Waals surface area contributed by atoms with E-state index in [1.54, 1.807) is 6.92 Å². The van der Waals surface area contributed by atoms with Gasteiger partial charge in [0.1, 0.15) is 5.92 Å². The van der Waals surface area contributed by atoms with E-state index in [1.807, 2.05) is 25.8 Å². The van der Waals surface area contributed by atoms with Gasteiger partial charge in [0.25, 0.3) is 5.95 Å². The predicted octanol–water partition coefficient (Wildman–Crippen LogP) is 1.97. The number of hydrogen-bond donors (Lipinski definition) is 0. The van der Waals surface area contributed by atoms with Crippen molar-refractivity contribution in [2.45, 2.75) is 39.5 Å². The summed E-state index contributed by atoms with van der Waals surface area (Å²) in [6.45, 7) is 6.91. The summed E-state index contributed by atoms with van der Waals surface area (Å²) < 4.78 is 10.2. The molecule has 0 aliphatic carbocycles. The smallest absolute Gasteiger partial charge is 0.318 e. The Labute approximate surface area is 107 Å². The van der Waals surface area contributed by atoms with Gasteiger partial charge in [-0.05, 0) is 25.4 Å². The van der Waals surface area contributed by atoms with Gasteiger partial charge in [-0.25, -0.2) is 0 Å². The number of rotatable bonds is 7. The SMILES string of the molecule is CCCC(C(=O)OCC)c1nc(N(C)CC)no1. The van der Waals surface area contributed by atoms with Crippen molar-refractivity contribution in [3.05, 3.63) is 5.89 Å². The second kappa shape index (κ2) is 6.98. The van der Waals surface area contributed by atoms with E-state index in [0.717, 1.165) is 13.0 Å². The normalized spacial score (nSPS) is 12.2. The van der Waals surface area contributed by atoms with Crippen LogP contribution >= 0.6 is 0 Å². The number of carbonyl (C=O) groups excluding carboxylic acids is 1. The van der Waals surface area contributed by atoms with Gasteiger partial charge in [0, 0.05) is 13.6 Å². The van der Waals surface area contributed by atoms with Crippen LogP contribution in [0.4, 0.5) is 5.95 Å². The molecule has 102 valence electrons. The molecule has 1 atom stereocenters. The van der Waals surface area contributed by atoms with Crippen LogP contribution in [0.25, 0.3) is 0 Å². The highest BCUT2D eigenvalue weighted by atomic mass is 16.5. The Kier molecular flexibility index (Phi) is 5.61. The molecule has 0 amide bonds. The van der Waals surface area contributed by atoms with Crippen LogP contribution in [0.3, 0.4) is 0 Å². The van der Waals surface area contributed by atoms with Crippen molar-refractivity contribution in [2.24, 2.45) is 0 Å². The van der Waals surface area contributed by atoms with Gasteiger partial charge in [-0.1, -0.05) is 13.3 Å². The minimum absolute atomic E-state index is 0.297. The number of carbonyl (C=O) groups is 1. The maximum atomic E-state index is 11.8. The Morgan fingerprint density at radius 1 is 1.44 bits per heavy atom. The molecule has 0 N–H and O–H groups in total. The third-order valence-corrected chi connectivity index (χ3v) is 2.69. The quantitative estimate of drug-likeness (QED) is 0.694. The fourth-order valence-electron chi connectivity index (χ4n) is 1.54. The second-order valence-corrected chi connectivity index (χ2v) is 4.04. The maximum Gasteiger partial charge on any atom is 0.318 e. The molecule has 0 fully saturated rings. The van der Waals surface area contributed by atoms with Gasteiger partial charge in [0.15, 0.2) is 0 Å². The third-order valence-electron chi connectivity index (χ3n) is 2.69. The van der Waals surface area contributed by atoms with Crippen molar-refractivity contribution < 1.29 is 14.1 Å². The minimum Gasteiger partial charge on any atom is -0.465 e. The lowest BCUT2D eigenvalue weighted by molar-refractivity contribution is -0.145. The zero-order valence-electron chi connectivity index (χ0n) is 11.5. The lowest BCUT2D eigenvalue weighted by Gasteiger charge is -2.11. The molecule has 0 bridgehead atoms. The van der Waals surface area contributed by atoms with Crippen LogP contribution in [0, 0.1) is 0 Å². The van der Waals surface area contributed by atoms with E-state index in [4.69, 9.17) is 9.26 Å². The molecular weight excluding hydrogens is 234 g/mol. The van der Waals surface area contributed by atoms with Crippen LogP contribution in [-0.4, -0.2) is 36.3 Å². The number of ether oxygens (including phenoxy) is 1. The third kappa shape index (κ3) is 3.45. The molecule has 1 heterocycles. The average Bonchev–Trinajstić information content (AvgIpc) is 2.84. The largest absolute Gasteiger partial charge is 0.465 e. The predicted molar refractivity (Wildman–Crippen MR) is 67.5 cm³/mol. The highest BCUT2D eigenvalue weighted by Gasteiger charge is 2.27. The standard InChI is InChI=1S/C12H21N3O3/c1-5-8-9(11(16)17-7-3)10-13-12(14-18-10)15(4)6-2/h9H,5-8H2,1-4H3. The summed E-state index contributed by atoms with van der Waals surface area (Å²) in [6.07, 6.45) is 1.50. The van der Waals surface area contributed by atoms with E-state index in [1.165, 1.54) is 0 Å². The number of esters is 1. The molecular formula is C12H21N3O3. The molecule has 0 aromatic carbocycles. The lowest BCUT2D eigenvalue weighted by atomic mass is 10.0. The Balaban J connectivity index is 2.85. The van der Waals surface area contributed by atoms with Gasteiger partial charge in [-0.2, -0.15) is 4.98 Å². The van der Waals surface area contributed by atoms with Crippen molar-refractivity contribution in [3.63, 3.8) is 0 Å². The first-order valence-corrected chi connectivity index (χ1v) is 6.35. The molecule has 18 heavy (non-hydrogen) atoms. The van der Waals surface area contributed by atoms with Crippen molar-refractivity contribution in [2.75, 3.05) is 25.1 Å². The molecule has 0 aliphatic rings. The van der Waals surface area contributed by atoms with E-state index in [9.17, 15) is 4.79 Å². The fraction of sp³-hybridized carbons (Fsp3) is 0.750. The molecule has 0 aliphatic heterocycles. The summed E-state index contributed by atoms with van der Waals surface area (Å²) in [4.78, 5) is 17.9. The minimum atomic E-state index is -0.457. The molecule has 0 radical (unpaired) electrons. The van der Waals surface area contributed by atoms with Crippen LogP contribution < -0.4 is 4.90 Å². The number of hydrogen-bond acceptors (Lipinski definition) is 6. The summed E-state index contributed by atoms with van der Waals surface area (Å²) in [5.41, 5.74) is 0.